The first-order valence-electron chi connectivity index (χ1n) is 5.62. The van der Waals surface area contributed by atoms with E-state index in [9.17, 15) is 9.59 Å². The molecule has 0 aliphatic heterocycles. The first-order chi connectivity index (χ1) is 8.90. The number of aldehydes is 1. The topological polar surface area (TPSA) is 72.8 Å². The number of hydrogen-bond donors (Lipinski definition) is 1. The summed E-state index contributed by atoms with van der Waals surface area (Å²) in [5.74, 6) is -0.882. The molecule has 104 valence electrons. The number of aliphatic carboxylic acids is 1. The number of ether oxygens (including phenoxy) is 2. The zero-order valence-electron chi connectivity index (χ0n) is 10.8. The third-order valence-electron chi connectivity index (χ3n) is 2.49. The van der Waals surface area contributed by atoms with Crippen LogP contribution in [-0.2, 0) is 4.79 Å². The third kappa shape index (κ3) is 3.70. The summed E-state index contributed by atoms with van der Waals surface area (Å²) in [6, 6.07) is 3.16. The molecule has 0 radical (unpaired) electrons. The van der Waals surface area contributed by atoms with Crippen molar-refractivity contribution in [1.82, 2.24) is 0 Å². The van der Waals surface area contributed by atoms with Gasteiger partial charge >= 0.3 is 5.97 Å². The van der Waals surface area contributed by atoms with E-state index in [1.165, 1.54) is 7.11 Å². The average molecular weight is 331 g/mol. The predicted molar refractivity (Wildman–Crippen MR) is 73.0 cm³/mol. The van der Waals surface area contributed by atoms with E-state index < -0.39 is 12.1 Å². The van der Waals surface area contributed by atoms with E-state index in [0.29, 0.717) is 16.5 Å². The second kappa shape index (κ2) is 6.56. The van der Waals surface area contributed by atoms with Crippen molar-refractivity contribution < 1.29 is 24.2 Å². The summed E-state index contributed by atoms with van der Waals surface area (Å²) in [6.07, 6.45) is -0.448. The van der Waals surface area contributed by atoms with Crippen molar-refractivity contribution in [3.8, 4) is 11.5 Å². The molecule has 1 atom stereocenters. The van der Waals surface area contributed by atoms with Gasteiger partial charge in [0.05, 0.1) is 12.7 Å². The van der Waals surface area contributed by atoms with Crippen LogP contribution in [0, 0.1) is 5.92 Å². The highest BCUT2D eigenvalue weighted by molar-refractivity contribution is 9.10. The quantitative estimate of drug-likeness (QED) is 0.812. The predicted octanol–water partition coefficient (Wildman–Crippen LogP) is 2.76. The fourth-order valence-corrected chi connectivity index (χ4v) is 2.01. The van der Waals surface area contributed by atoms with Gasteiger partial charge in [-0.3, -0.25) is 4.79 Å². The molecule has 0 aromatic heterocycles. The van der Waals surface area contributed by atoms with Gasteiger partial charge in [-0.15, -0.1) is 0 Å². The summed E-state index contributed by atoms with van der Waals surface area (Å²) in [4.78, 5) is 22.2. The molecule has 1 aromatic carbocycles. The number of halogens is 1. The summed E-state index contributed by atoms with van der Waals surface area (Å²) in [7, 11) is 1.42. The Bertz CT molecular complexity index is 484. The highest BCUT2D eigenvalue weighted by atomic mass is 79.9. The first kappa shape index (κ1) is 15.5. The fraction of sp³-hybridized carbons (Fsp3) is 0.385. The number of rotatable bonds is 6. The zero-order chi connectivity index (χ0) is 14.6. The Morgan fingerprint density at radius 2 is 2.05 bits per heavy atom. The molecule has 0 fully saturated rings. The van der Waals surface area contributed by atoms with Crippen LogP contribution in [-0.4, -0.2) is 30.6 Å². The lowest BCUT2D eigenvalue weighted by Crippen LogP contribution is -2.32. The SMILES string of the molecule is COc1cc(Br)cc(C=O)c1OC(C(=O)O)C(C)C. The van der Waals surface area contributed by atoms with Crippen molar-refractivity contribution in [2.75, 3.05) is 7.11 Å². The smallest absolute Gasteiger partial charge is 0.345 e. The van der Waals surface area contributed by atoms with Crippen LogP contribution in [0.1, 0.15) is 24.2 Å². The minimum Gasteiger partial charge on any atom is -0.493 e. The molecule has 0 spiro atoms. The molecule has 0 heterocycles. The van der Waals surface area contributed by atoms with E-state index in [2.05, 4.69) is 15.9 Å². The molecule has 5 nitrogen and oxygen atoms in total. The molecule has 0 bridgehead atoms. The van der Waals surface area contributed by atoms with Crippen LogP contribution < -0.4 is 9.47 Å². The van der Waals surface area contributed by atoms with E-state index in [0.717, 1.165) is 0 Å². The van der Waals surface area contributed by atoms with E-state index in [4.69, 9.17) is 14.6 Å². The van der Waals surface area contributed by atoms with Crippen molar-refractivity contribution in [2.45, 2.75) is 20.0 Å². The van der Waals surface area contributed by atoms with Crippen LogP contribution in [0.2, 0.25) is 0 Å². The maximum atomic E-state index is 11.1. The number of carbonyl (C=O) groups is 2. The molecule has 1 aromatic rings. The van der Waals surface area contributed by atoms with E-state index in [1.54, 1.807) is 26.0 Å². The maximum absolute atomic E-state index is 11.1. The number of methoxy groups -OCH3 is 1. The van der Waals surface area contributed by atoms with Crippen molar-refractivity contribution in [2.24, 2.45) is 5.92 Å². The fourth-order valence-electron chi connectivity index (χ4n) is 1.55. The molecule has 1 rings (SSSR count). The molecule has 0 aliphatic carbocycles. The van der Waals surface area contributed by atoms with Crippen LogP contribution >= 0.6 is 15.9 Å². The Morgan fingerprint density at radius 1 is 1.42 bits per heavy atom. The Morgan fingerprint density at radius 3 is 2.47 bits per heavy atom. The van der Waals surface area contributed by atoms with Crippen LogP contribution in [0.25, 0.3) is 0 Å². The van der Waals surface area contributed by atoms with Gasteiger partial charge in [0, 0.05) is 10.4 Å². The van der Waals surface area contributed by atoms with Gasteiger partial charge in [-0.2, -0.15) is 0 Å². The molecule has 1 N–H and O–H groups in total. The van der Waals surface area contributed by atoms with E-state index >= 15 is 0 Å². The standard InChI is InChI=1S/C13H15BrO5/c1-7(2)11(13(16)17)19-12-8(6-15)4-9(14)5-10(12)18-3/h4-7,11H,1-3H3,(H,16,17). The Kier molecular flexibility index (Phi) is 5.35. The van der Waals surface area contributed by atoms with Gasteiger partial charge in [0.25, 0.3) is 0 Å². The number of benzene rings is 1. The van der Waals surface area contributed by atoms with Gasteiger partial charge in [-0.25, -0.2) is 4.79 Å². The lowest BCUT2D eigenvalue weighted by molar-refractivity contribution is -0.147. The lowest BCUT2D eigenvalue weighted by Gasteiger charge is -2.21. The molecular weight excluding hydrogens is 316 g/mol. The average Bonchev–Trinajstić information content (AvgIpc) is 2.34. The molecule has 19 heavy (non-hydrogen) atoms. The van der Waals surface area contributed by atoms with Crippen LogP contribution in [0.3, 0.4) is 0 Å². The van der Waals surface area contributed by atoms with Gasteiger partial charge in [0.15, 0.2) is 23.9 Å². The number of carboxylic acid groups (broad SMARTS) is 1. The van der Waals surface area contributed by atoms with Gasteiger partial charge in [0.2, 0.25) is 0 Å². The molecule has 0 saturated carbocycles. The van der Waals surface area contributed by atoms with Crippen LogP contribution in [0.15, 0.2) is 16.6 Å². The molecule has 6 heteroatoms. The molecular formula is C13H15BrO5. The molecule has 0 aliphatic rings. The van der Waals surface area contributed by atoms with Gasteiger partial charge in [-0.1, -0.05) is 29.8 Å². The Balaban J connectivity index is 3.24. The largest absolute Gasteiger partial charge is 0.493 e. The Hall–Kier alpha value is -1.56. The summed E-state index contributed by atoms with van der Waals surface area (Å²) >= 11 is 3.24. The molecule has 0 amide bonds. The highest BCUT2D eigenvalue weighted by Gasteiger charge is 2.26. The van der Waals surface area contributed by atoms with E-state index in [1.807, 2.05) is 0 Å². The minimum atomic E-state index is -1.09. The van der Waals surface area contributed by atoms with Crippen molar-refractivity contribution in [1.29, 1.82) is 0 Å². The highest BCUT2D eigenvalue weighted by Crippen LogP contribution is 2.35. The van der Waals surface area contributed by atoms with Crippen molar-refractivity contribution in [3.05, 3.63) is 22.2 Å². The summed E-state index contributed by atoms with van der Waals surface area (Å²) in [5, 5.41) is 9.12. The Labute approximate surface area is 119 Å². The van der Waals surface area contributed by atoms with E-state index in [-0.39, 0.29) is 17.2 Å². The molecule has 0 saturated heterocycles. The van der Waals surface area contributed by atoms with Crippen LogP contribution in [0.4, 0.5) is 0 Å². The monoisotopic (exact) mass is 330 g/mol. The second-order valence-corrected chi connectivity index (χ2v) is 5.18. The zero-order valence-corrected chi connectivity index (χ0v) is 12.4. The van der Waals surface area contributed by atoms with Crippen LogP contribution in [0.5, 0.6) is 11.5 Å². The second-order valence-electron chi connectivity index (χ2n) is 4.26. The number of hydrogen-bond acceptors (Lipinski definition) is 4. The van der Waals surface area contributed by atoms with Crippen molar-refractivity contribution >= 4 is 28.2 Å². The maximum Gasteiger partial charge on any atom is 0.345 e. The molecule has 1 unspecified atom stereocenters. The minimum absolute atomic E-state index is 0.141. The normalized spacial score (nSPS) is 12.1. The van der Waals surface area contributed by atoms with Gasteiger partial charge in [-0.05, 0) is 12.1 Å². The first-order valence-corrected chi connectivity index (χ1v) is 6.42. The third-order valence-corrected chi connectivity index (χ3v) is 2.95. The number of carbonyl (C=O) groups excluding carboxylic acids is 1. The summed E-state index contributed by atoms with van der Waals surface area (Å²) < 4.78 is 11.2. The number of carboxylic acids is 1. The van der Waals surface area contributed by atoms with Gasteiger partial charge < -0.3 is 14.6 Å². The van der Waals surface area contributed by atoms with Gasteiger partial charge in [0.1, 0.15) is 0 Å². The lowest BCUT2D eigenvalue weighted by atomic mass is 10.1. The summed E-state index contributed by atoms with van der Waals surface area (Å²) in [5.41, 5.74) is 0.234. The summed E-state index contributed by atoms with van der Waals surface area (Å²) in [6.45, 7) is 3.45. The van der Waals surface area contributed by atoms with Crippen molar-refractivity contribution in [3.63, 3.8) is 0 Å².